The first-order valence-electron chi connectivity index (χ1n) is 11.0. The third-order valence-electron chi connectivity index (χ3n) is 5.95. The highest BCUT2D eigenvalue weighted by atomic mass is 16.1. The summed E-state index contributed by atoms with van der Waals surface area (Å²) in [5, 5.41) is 11.3. The van der Waals surface area contributed by atoms with Crippen LogP contribution in [0.15, 0.2) is 67.1 Å². The molecule has 158 valence electrons. The van der Waals surface area contributed by atoms with E-state index in [-0.39, 0.29) is 5.91 Å². The Bertz CT molecular complexity index is 1290. The molecule has 3 aromatic heterocycles. The van der Waals surface area contributed by atoms with Crippen molar-refractivity contribution in [3.8, 4) is 22.6 Å². The van der Waals surface area contributed by atoms with E-state index in [1.807, 2.05) is 48.7 Å². The molecular weight excluding hydrogens is 400 g/mol. The third kappa shape index (κ3) is 3.77. The molecule has 4 aromatic rings. The van der Waals surface area contributed by atoms with Gasteiger partial charge in [-0.1, -0.05) is 18.2 Å². The van der Waals surface area contributed by atoms with Gasteiger partial charge in [-0.05, 0) is 62.1 Å². The molecule has 32 heavy (non-hydrogen) atoms. The summed E-state index contributed by atoms with van der Waals surface area (Å²) in [5.74, 6) is 1.18. The van der Waals surface area contributed by atoms with Crippen molar-refractivity contribution in [2.75, 3.05) is 5.32 Å². The Morgan fingerprint density at radius 3 is 2.62 bits per heavy atom. The Balaban J connectivity index is 1.21. The van der Waals surface area contributed by atoms with Crippen LogP contribution >= 0.6 is 0 Å². The number of carbonyl (C=O) groups excluding carboxylic acids is 1. The van der Waals surface area contributed by atoms with Crippen molar-refractivity contribution >= 4 is 11.6 Å². The predicted molar refractivity (Wildman–Crippen MR) is 121 cm³/mol. The molecule has 0 bridgehead atoms. The average molecular weight is 422 g/mol. The number of rotatable bonds is 6. The van der Waals surface area contributed by atoms with E-state index in [2.05, 4.69) is 36.1 Å². The summed E-state index contributed by atoms with van der Waals surface area (Å²) >= 11 is 0. The Kier molecular flexibility index (Phi) is 4.52. The topological polar surface area (TPSA) is 85.6 Å². The number of hydrogen-bond donors (Lipinski definition) is 1. The van der Waals surface area contributed by atoms with E-state index in [0.717, 1.165) is 41.2 Å². The molecule has 0 aliphatic heterocycles. The number of hydrogen-bond acceptors (Lipinski definition) is 5. The fourth-order valence-corrected chi connectivity index (χ4v) is 3.90. The summed E-state index contributed by atoms with van der Waals surface area (Å²) in [6, 6.07) is 17.7. The number of anilines is 1. The molecule has 6 rings (SSSR count). The molecule has 2 aliphatic carbocycles. The van der Waals surface area contributed by atoms with Gasteiger partial charge in [0.05, 0.1) is 5.69 Å². The molecular formula is C25H22N6O. The number of nitrogens with zero attached hydrogens (tertiary/aromatic N) is 5. The van der Waals surface area contributed by atoms with Gasteiger partial charge in [0.1, 0.15) is 12.0 Å². The molecule has 7 heteroatoms. The lowest BCUT2D eigenvalue weighted by Crippen LogP contribution is -2.14. The van der Waals surface area contributed by atoms with Gasteiger partial charge in [0, 0.05) is 40.7 Å². The lowest BCUT2D eigenvalue weighted by atomic mass is 10.1. The van der Waals surface area contributed by atoms with Crippen LogP contribution in [0.25, 0.3) is 22.6 Å². The van der Waals surface area contributed by atoms with Gasteiger partial charge in [-0.25, -0.2) is 4.98 Å². The largest absolute Gasteiger partial charge is 0.321 e. The van der Waals surface area contributed by atoms with Crippen LogP contribution in [0.5, 0.6) is 0 Å². The summed E-state index contributed by atoms with van der Waals surface area (Å²) in [6.45, 7) is 0. The number of benzene rings is 1. The zero-order chi connectivity index (χ0) is 21.5. The maximum atomic E-state index is 12.9. The Labute approximate surface area is 185 Å². The molecule has 0 spiro atoms. The first-order valence-corrected chi connectivity index (χ1v) is 11.0. The maximum Gasteiger partial charge on any atom is 0.274 e. The minimum Gasteiger partial charge on any atom is -0.321 e. The minimum atomic E-state index is -0.254. The van der Waals surface area contributed by atoms with E-state index in [9.17, 15) is 4.79 Å². The Morgan fingerprint density at radius 2 is 1.84 bits per heavy atom. The van der Waals surface area contributed by atoms with E-state index < -0.39 is 0 Å². The van der Waals surface area contributed by atoms with Gasteiger partial charge in [0.2, 0.25) is 0 Å². The normalized spacial score (nSPS) is 15.5. The van der Waals surface area contributed by atoms with E-state index in [0.29, 0.717) is 23.3 Å². The minimum absolute atomic E-state index is 0.254. The fourth-order valence-electron chi connectivity index (χ4n) is 3.90. The van der Waals surface area contributed by atoms with Crippen molar-refractivity contribution in [2.24, 2.45) is 0 Å². The predicted octanol–water partition coefficient (Wildman–Crippen LogP) is 4.87. The fraction of sp³-hybridized carbons (Fsp3) is 0.240. The molecule has 0 atom stereocenters. The highest BCUT2D eigenvalue weighted by Gasteiger charge is 2.27. The number of aromatic nitrogens is 5. The molecule has 1 N–H and O–H groups in total. The lowest BCUT2D eigenvalue weighted by Gasteiger charge is -2.09. The van der Waals surface area contributed by atoms with Gasteiger partial charge < -0.3 is 9.88 Å². The molecule has 0 unspecified atom stereocenters. The van der Waals surface area contributed by atoms with Gasteiger partial charge in [-0.15, -0.1) is 10.2 Å². The van der Waals surface area contributed by atoms with Crippen molar-refractivity contribution in [3.05, 3.63) is 78.5 Å². The second-order valence-electron chi connectivity index (χ2n) is 8.48. The van der Waals surface area contributed by atoms with Crippen LogP contribution in [0.1, 0.15) is 53.8 Å². The number of amides is 1. The van der Waals surface area contributed by atoms with Crippen LogP contribution in [0.3, 0.4) is 0 Å². The first kappa shape index (κ1) is 18.9. The van der Waals surface area contributed by atoms with Crippen molar-refractivity contribution in [1.82, 2.24) is 24.7 Å². The van der Waals surface area contributed by atoms with Gasteiger partial charge in [-0.2, -0.15) is 0 Å². The summed E-state index contributed by atoms with van der Waals surface area (Å²) < 4.78 is 2.11. The molecule has 0 saturated heterocycles. The van der Waals surface area contributed by atoms with Crippen LogP contribution in [0.2, 0.25) is 0 Å². The Morgan fingerprint density at radius 1 is 0.969 bits per heavy atom. The number of nitrogens with one attached hydrogen (secondary N) is 1. The van der Waals surface area contributed by atoms with E-state index in [1.165, 1.54) is 12.8 Å². The van der Waals surface area contributed by atoms with Crippen molar-refractivity contribution in [2.45, 2.75) is 37.6 Å². The van der Waals surface area contributed by atoms with Crippen LogP contribution in [0.4, 0.5) is 5.69 Å². The van der Waals surface area contributed by atoms with Crippen LogP contribution < -0.4 is 5.32 Å². The molecule has 7 nitrogen and oxygen atoms in total. The van der Waals surface area contributed by atoms with Crippen LogP contribution in [-0.2, 0) is 0 Å². The smallest absolute Gasteiger partial charge is 0.274 e. The summed E-state index contributed by atoms with van der Waals surface area (Å²) in [4.78, 5) is 22.0. The first-order chi connectivity index (χ1) is 15.7. The van der Waals surface area contributed by atoms with Gasteiger partial charge in [-0.3, -0.25) is 9.78 Å². The van der Waals surface area contributed by atoms with E-state index in [1.54, 1.807) is 12.4 Å². The zero-order valence-electron chi connectivity index (χ0n) is 17.5. The molecule has 2 aliphatic rings. The standard InChI is InChI=1S/C25H22N6O/c32-25(23-6-2-5-22(29-23)18-9-12-21(26-14-18)16-7-8-16)28-19-4-1-3-17(13-19)24-30-27-15-31(24)20-10-11-20/h1-6,9,12-16,20H,7-8,10-11H2,(H,28,32). The van der Waals surface area contributed by atoms with Gasteiger partial charge in [0.25, 0.3) is 5.91 Å². The van der Waals surface area contributed by atoms with Crippen molar-refractivity contribution < 1.29 is 4.79 Å². The second-order valence-corrected chi connectivity index (χ2v) is 8.48. The third-order valence-corrected chi connectivity index (χ3v) is 5.95. The zero-order valence-corrected chi connectivity index (χ0v) is 17.5. The van der Waals surface area contributed by atoms with E-state index in [4.69, 9.17) is 0 Å². The van der Waals surface area contributed by atoms with Crippen LogP contribution in [0, 0.1) is 0 Å². The molecule has 0 radical (unpaired) electrons. The second kappa shape index (κ2) is 7.67. The highest BCUT2D eigenvalue weighted by Crippen LogP contribution is 2.39. The summed E-state index contributed by atoms with van der Waals surface area (Å²) in [7, 11) is 0. The Hall–Kier alpha value is -3.87. The lowest BCUT2D eigenvalue weighted by molar-refractivity contribution is 0.102. The molecule has 1 amide bonds. The summed E-state index contributed by atoms with van der Waals surface area (Å²) in [6.07, 6.45) is 8.38. The van der Waals surface area contributed by atoms with Gasteiger partial charge >= 0.3 is 0 Å². The van der Waals surface area contributed by atoms with Crippen molar-refractivity contribution in [1.29, 1.82) is 0 Å². The SMILES string of the molecule is O=C(Nc1cccc(-c2nncn2C2CC2)c1)c1cccc(-c2ccc(C3CC3)nc2)n1. The van der Waals surface area contributed by atoms with Gasteiger partial charge in [0.15, 0.2) is 5.82 Å². The van der Waals surface area contributed by atoms with Crippen LogP contribution in [-0.4, -0.2) is 30.6 Å². The monoisotopic (exact) mass is 422 g/mol. The average Bonchev–Trinajstić information content (AvgIpc) is 3.78. The highest BCUT2D eigenvalue weighted by molar-refractivity contribution is 6.03. The van der Waals surface area contributed by atoms with Crippen molar-refractivity contribution in [3.63, 3.8) is 0 Å². The molecule has 2 saturated carbocycles. The number of carbonyl (C=O) groups is 1. The molecule has 1 aromatic carbocycles. The van der Waals surface area contributed by atoms with E-state index >= 15 is 0 Å². The molecule has 2 fully saturated rings. The maximum absolute atomic E-state index is 12.9. The molecule has 3 heterocycles. The number of pyridine rings is 2. The summed E-state index contributed by atoms with van der Waals surface area (Å²) in [5.41, 5.74) is 4.76. The quantitative estimate of drug-likeness (QED) is 0.479.